The van der Waals surface area contributed by atoms with Gasteiger partial charge in [0.15, 0.2) is 0 Å². The second kappa shape index (κ2) is 5.81. The van der Waals surface area contributed by atoms with Gasteiger partial charge in [-0.1, -0.05) is 7.43 Å². The topological polar surface area (TPSA) is 36.9 Å². The third-order valence-electron chi connectivity index (χ3n) is 1.00. The summed E-state index contributed by atoms with van der Waals surface area (Å²) in [6.07, 6.45) is 0. The minimum absolute atomic E-state index is 0. The Bertz CT molecular complexity index is 56.5. The largest absolute Gasteiger partial charge is 0.678 e. The van der Waals surface area contributed by atoms with Gasteiger partial charge in [0.2, 0.25) is 0 Å². The van der Waals surface area contributed by atoms with Gasteiger partial charge in [-0.3, -0.25) is 0 Å². The van der Waals surface area contributed by atoms with Gasteiger partial charge < -0.3 is 17.7 Å². The molecule has 0 amide bonds. The summed E-state index contributed by atoms with van der Waals surface area (Å²) >= 11 is 0. The third kappa shape index (κ3) is 2.76. The van der Waals surface area contributed by atoms with Crippen molar-refractivity contribution in [3.63, 3.8) is 0 Å². The van der Waals surface area contributed by atoms with Crippen LogP contribution in [0.5, 0.6) is 0 Å². The fourth-order valence-electron chi connectivity index (χ4n) is 0.500. The van der Waals surface area contributed by atoms with Crippen LogP contribution in [0, 0.1) is 0 Å². The molecule has 0 aliphatic carbocycles. The lowest BCUT2D eigenvalue weighted by Gasteiger charge is -2.19. The van der Waals surface area contributed by atoms with Crippen LogP contribution in [0.4, 0.5) is 0 Å². The number of hydrogen-bond acceptors (Lipinski definition) is 4. The Kier molecular flexibility index (Phi) is 7.39. The maximum atomic E-state index is 4.86. The van der Waals surface area contributed by atoms with E-state index < -0.39 is 9.05 Å². The van der Waals surface area contributed by atoms with E-state index in [-0.39, 0.29) is 7.43 Å². The summed E-state index contributed by atoms with van der Waals surface area (Å²) in [4.78, 5) is 0. The quantitative estimate of drug-likeness (QED) is 0.577. The minimum atomic E-state index is -2.69. The number of rotatable bonds is 4. The Hall–Kier alpha value is 0.0569. The maximum absolute atomic E-state index is 4.86. The molecule has 0 N–H and O–H groups in total. The van der Waals surface area contributed by atoms with E-state index in [1.807, 2.05) is 0 Å². The molecule has 0 heterocycles. The molecular formula is C5H16O4Si. The molecule has 0 spiro atoms. The molecule has 64 valence electrons. The van der Waals surface area contributed by atoms with Crippen molar-refractivity contribution in [2.75, 3.05) is 28.4 Å². The van der Waals surface area contributed by atoms with Crippen LogP contribution in [-0.4, -0.2) is 37.5 Å². The molecule has 0 unspecified atom stereocenters. The molecule has 0 bridgehead atoms. The van der Waals surface area contributed by atoms with Crippen molar-refractivity contribution in [1.29, 1.82) is 0 Å². The number of hydrogen-bond donors (Lipinski definition) is 0. The van der Waals surface area contributed by atoms with Crippen molar-refractivity contribution in [3.05, 3.63) is 0 Å². The minimum Gasteiger partial charge on any atom is -0.355 e. The van der Waals surface area contributed by atoms with Gasteiger partial charge in [-0.05, 0) is 0 Å². The molecule has 0 aromatic rings. The van der Waals surface area contributed by atoms with E-state index >= 15 is 0 Å². The van der Waals surface area contributed by atoms with Gasteiger partial charge in [0.25, 0.3) is 0 Å². The summed E-state index contributed by atoms with van der Waals surface area (Å²) in [5, 5.41) is 0. The summed E-state index contributed by atoms with van der Waals surface area (Å²) in [6, 6.07) is 0. The highest BCUT2D eigenvalue weighted by Crippen LogP contribution is 2.04. The molecule has 0 saturated carbocycles. The molecule has 0 aliphatic heterocycles. The van der Waals surface area contributed by atoms with Crippen molar-refractivity contribution in [3.8, 4) is 0 Å². The van der Waals surface area contributed by atoms with Crippen molar-refractivity contribution >= 4 is 9.05 Å². The van der Waals surface area contributed by atoms with E-state index in [1.54, 1.807) is 0 Å². The molecule has 0 aromatic carbocycles. The van der Waals surface area contributed by atoms with Gasteiger partial charge in [0.05, 0.1) is 0 Å². The Morgan fingerprint density at radius 3 is 0.900 bits per heavy atom. The fourth-order valence-corrected chi connectivity index (χ4v) is 1.50. The van der Waals surface area contributed by atoms with Crippen LogP contribution in [0.2, 0.25) is 0 Å². The van der Waals surface area contributed by atoms with E-state index in [2.05, 4.69) is 0 Å². The van der Waals surface area contributed by atoms with Crippen molar-refractivity contribution < 1.29 is 17.7 Å². The first kappa shape index (κ1) is 12.7. The van der Waals surface area contributed by atoms with Crippen molar-refractivity contribution in [2.45, 2.75) is 7.43 Å². The molecular weight excluding hydrogens is 152 g/mol. The summed E-state index contributed by atoms with van der Waals surface area (Å²) in [6.45, 7) is 0. The van der Waals surface area contributed by atoms with E-state index in [4.69, 9.17) is 17.7 Å². The van der Waals surface area contributed by atoms with Crippen LogP contribution in [0.1, 0.15) is 7.43 Å². The Morgan fingerprint density at radius 1 is 0.700 bits per heavy atom. The van der Waals surface area contributed by atoms with Gasteiger partial charge in [-0.25, -0.2) is 0 Å². The van der Waals surface area contributed by atoms with Crippen LogP contribution in [0.3, 0.4) is 0 Å². The normalized spacial score (nSPS) is 10.8. The smallest absolute Gasteiger partial charge is 0.355 e. The lowest BCUT2D eigenvalue weighted by molar-refractivity contribution is 0.0226. The van der Waals surface area contributed by atoms with Crippen LogP contribution in [0.15, 0.2) is 0 Å². The van der Waals surface area contributed by atoms with E-state index in [9.17, 15) is 0 Å². The molecule has 5 heteroatoms. The highest BCUT2D eigenvalue weighted by molar-refractivity contribution is 6.53. The third-order valence-corrected chi connectivity index (χ3v) is 3.00. The van der Waals surface area contributed by atoms with Gasteiger partial charge in [-0.2, -0.15) is 0 Å². The molecule has 0 radical (unpaired) electrons. The molecule has 10 heavy (non-hydrogen) atoms. The lowest BCUT2D eigenvalue weighted by atomic mass is 11.8. The highest BCUT2D eigenvalue weighted by Gasteiger charge is 2.40. The second-order valence-electron chi connectivity index (χ2n) is 1.32. The van der Waals surface area contributed by atoms with E-state index in [0.717, 1.165) is 0 Å². The molecule has 0 atom stereocenters. The predicted molar refractivity (Wildman–Crippen MR) is 40.5 cm³/mol. The van der Waals surface area contributed by atoms with Gasteiger partial charge >= 0.3 is 9.05 Å². The zero-order valence-corrected chi connectivity index (χ0v) is 7.13. The summed E-state index contributed by atoms with van der Waals surface area (Å²) in [5.74, 6) is 0. The molecule has 0 fully saturated rings. The monoisotopic (exact) mass is 168 g/mol. The first-order valence-corrected chi connectivity index (χ1v) is 4.08. The summed E-state index contributed by atoms with van der Waals surface area (Å²) in [5.41, 5.74) is 0. The van der Waals surface area contributed by atoms with Gasteiger partial charge in [0, 0.05) is 28.4 Å². The molecule has 0 aliphatic rings. The van der Waals surface area contributed by atoms with Crippen molar-refractivity contribution in [1.82, 2.24) is 0 Å². The van der Waals surface area contributed by atoms with Crippen LogP contribution in [-0.2, 0) is 17.7 Å². The average molecular weight is 168 g/mol. The van der Waals surface area contributed by atoms with Crippen LogP contribution < -0.4 is 0 Å². The maximum Gasteiger partial charge on any atom is 0.678 e. The molecule has 0 aromatic heterocycles. The summed E-state index contributed by atoms with van der Waals surface area (Å²) < 4.78 is 19.4. The first-order valence-electron chi connectivity index (χ1n) is 2.45. The van der Waals surface area contributed by atoms with Gasteiger partial charge in [0.1, 0.15) is 0 Å². The standard InChI is InChI=1S/C4H12O4Si.CH4/c1-5-9(6-2,7-3)8-4;/h1-4H3;1H4. The zero-order valence-electron chi connectivity index (χ0n) is 6.13. The second-order valence-corrected chi connectivity index (χ2v) is 3.95. The summed E-state index contributed by atoms with van der Waals surface area (Å²) in [7, 11) is 3.26. The fraction of sp³-hybridized carbons (Fsp3) is 1.00. The van der Waals surface area contributed by atoms with E-state index in [0.29, 0.717) is 0 Å². The Morgan fingerprint density at radius 2 is 0.900 bits per heavy atom. The van der Waals surface area contributed by atoms with Gasteiger partial charge in [-0.15, -0.1) is 0 Å². The molecule has 0 rings (SSSR count). The van der Waals surface area contributed by atoms with Crippen LogP contribution >= 0.6 is 0 Å². The SMILES string of the molecule is C.CO[Si](OC)(OC)OC. The zero-order chi connectivity index (χ0) is 7.33. The molecule has 0 saturated heterocycles. The van der Waals surface area contributed by atoms with Crippen molar-refractivity contribution in [2.24, 2.45) is 0 Å². The Labute approximate surface area is 63.5 Å². The highest BCUT2D eigenvalue weighted by atomic mass is 28.4. The molecule has 4 nitrogen and oxygen atoms in total. The lowest BCUT2D eigenvalue weighted by Crippen LogP contribution is -2.45. The first-order chi connectivity index (χ1) is 4.24. The predicted octanol–water partition coefficient (Wildman–Crippen LogP) is 0.644. The average Bonchev–Trinajstić information content (AvgIpc) is 1.95. The Balaban J connectivity index is 0. The van der Waals surface area contributed by atoms with Crippen LogP contribution in [0.25, 0.3) is 0 Å². The van der Waals surface area contributed by atoms with E-state index in [1.165, 1.54) is 28.4 Å².